The molecule has 0 bridgehead atoms. The Balaban J connectivity index is 1.87. The van der Waals surface area contributed by atoms with E-state index in [4.69, 9.17) is 5.11 Å². The lowest BCUT2D eigenvalue weighted by Crippen LogP contribution is -2.51. The Morgan fingerprint density at radius 2 is 2.33 bits per heavy atom. The standard InChI is InChI=1S/C11H13N5O2/c1-7-2-3-12-11-13-9(14-16(7)11)10(18)15-4-8(5-15)6-17/h2-3,8,17H,4-6H2,1H3. The van der Waals surface area contributed by atoms with Gasteiger partial charge in [-0.05, 0) is 13.0 Å². The number of aromatic nitrogens is 4. The fraction of sp³-hybridized carbons (Fsp3) is 0.455. The predicted molar refractivity (Wildman–Crippen MR) is 62.0 cm³/mol. The predicted octanol–water partition coefficient (Wildman–Crippen LogP) is -0.503. The molecule has 0 atom stereocenters. The van der Waals surface area contributed by atoms with Crippen LogP contribution in [0.1, 0.15) is 16.3 Å². The summed E-state index contributed by atoms with van der Waals surface area (Å²) < 4.78 is 1.55. The van der Waals surface area contributed by atoms with Gasteiger partial charge in [0.25, 0.3) is 11.7 Å². The summed E-state index contributed by atoms with van der Waals surface area (Å²) in [6, 6.07) is 1.81. The zero-order chi connectivity index (χ0) is 12.7. The van der Waals surface area contributed by atoms with Crippen LogP contribution in [-0.2, 0) is 0 Å². The van der Waals surface area contributed by atoms with Gasteiger partial charge in [0, 0.05) is 37.5 Å². The van der Waals surface area contributed by atoms with Crippen LogP contribution >= 0.6 is 0 Å². The average Bonchev–Trinajstić information content (AvgIpc) is 2.73. The summed E-state index contributed by atoms with van der Waals surface area (Å²) in [5.41, 5.74) is 0.878. The maximum atomic E-state index is 12.0. The van der Waals surface area contributed by atoms with Gasteiger partial charge in [-0.3, -0.25) is 4.79 Å². The first kappa shape index (κ1) is 11.1. The Bertz CT molecular complexity index is 602. The van der Waals surface area contributed by atoms with E-state index in [1.807, 2.05) is 6.92 Å². The largest absolute Gasteiger partial charge is 0.396 e. The van der Waals surface area contributed by atoms with Crippen molar-refractivity contribution in [1.82, 2.24) is 24.5 Å². The van der Waals surface area contributed by atoms with Gasteiger partial charge in [0.1, 0.15) is 0 Å². The molecule has 1 fully saturated rings. The van der Waals surface area contributed by atoms with Crippen molar-refractivity contribution in [3.05, 3.63) is 23.8 Å². The van der Waals surface area contributed by atoms with Crippen molar-refractivity contribution in [2.45, 2.75) is 6.92 Å². The van der Waals surface area contributed by atoms with E-state index in [-0.39, 0.29) is 24.3 Å². The number of likely N-dealkylation sites (tertiary alicyclic amines) is 1. The maximum Gasteiger partial charge on any atom is 0.293 e. The molecule has 94 valence electrons. The second kappa shape index (κ2) is 4.02. The fourth-order valence-corrected chi connectivity index (χ4v) is 1.99. The molecule has 0 unspecified atom stereocenters. The SMILES string of the molecule is Cc1ccnc2nc(C(=O)N3CC(CO)C3)nn12. The third-order valence-electron chi connectivity index (χ3n) is 3.12. The number of aliphatic hydroxyl groups excluding tert-OH is 1. The van der Waals surface area contributed by atoms with Crippen LogP contribution < -0.4 is 0 Å². The van der Waals surface area contributed by atoms with Gasteiger partial charge in [0.2, 0.25) is 5.82 Å². The van der Waals surface area contributed by atoms with E-state index in [1.54, 1.807) is 21.7 Å². The first-order valence-electron chi connectivity index (χ1n) is 5.77. The van der Waals surface area contributed by atoms with Gasteiger partial charge in [-0.2, -0.15) is 4.98 Å². The Morgan fingerprint density at radius 1 is 1.56 bits per heavy atom. The fourth-order valence-electron chi connectivity index (χ4n) is 1.99. The lowest BCUT2D eigenvalue weighted by molar-refractivity contribution is 0.0351. The zero-order valence-electron chi connectivity index (χ0n) is 9.94. The molecule has 2 aromatic heterocycles. The van der Waals surface area contributed by atoms with E-state index in [0.29, 0.717) is 18.9 Å². The van der Waals surface area contributed by atoms with E-state index >= 15 is 0 Å². The summed E-state index contributed by atoms with van der Waals surface area (Å²) in [5, 5.41) is 13.1. The normalized spacial score (nSPS) is 16.0. The molecule has 7 heteroatoms. The van der Waals surface area contributed by atoms with Crippen LogP contribution in [0, 0.1) is 12.8 Å². The molecule has 0 aromatic carbocycles. The molecule has 7 nitrogen and oxygen atoms in total. The lowest BCUT2D eigenvalue weighted by Gasteiger charge is -2.37. The Labute approximate surface area is 103 Å². The number of rotatable bonds is 2. The second-order valence-corrected chi connectivity index (χ2v) is 4.49. The quantitative estimate of drug-likeness (QED) is 0.773. The molecule has 1 aliphatic rings. The average molecular weight is 247 g/mol. The maximum absolute atomic E-state index is 12.0. The molecule has 18 heavy (non-hydrogen) atoms. The van der Waals surface area contributed by atoms with Gasteiger partial charge in [-0.15, -0.1) is 5.10 Å². The number of nitrogens with zero attached hydrogens (tertiary/aromatic N) is 5. The van der Waals surface area contributed by atoms with Gasteiger partial charge < -0.3 is 10.0 Å². The number of carbonyl (C=O) groups is 1. The van der Waals surface area contributed by atoms with E-state index in [0.717, 1.165) is 5.69 Å². The summed E-state index contributed by atoms with van der Waals surface area (Å²) in [6.45, 7) is 3.13. The molecule has 3 rings (SSSR count). The van der Waals surface area contributed by atoms with E-state index < -0.39 is 0 Å². The molecule has 2 aromatic rings. The van der Waals surface area contributed by atoms with Gasteiger partial charge in [0.15, 0.2) is 0 Å². The van der Waals surface area contributed by atoms with Crippen molar-refractivity contribution in [3.8, 4) is 0 Å². The van der Waals surface area contributed by atoms with Crippen molar-refractivity contribution in [3.63, 3.8) is 0 Å². The third kappa shape index (κ3) is 1.63. The molecular formula is C11H13N5O2. The Hall–Kier alpha value is -2.02. The number of amides is 1. The number of fused-ring (bicyclic) bond motifs is 1. The summed E-state index contributed by atoms with van der Waals surface area (Å²) >= 11 is 0. The van der Waals surface area contributed by atoms with Crippen LogP contribution in [0.5, 0.6) is 0 Å². The number of aryl methyl sites for hydroxylation is 1. The van der Waals surface area contributed by atoms with Crippen molar-refractivity contribution < 1.29 is 9.90 Å². The number of aliphatic hydroxyl groups is 1. The molecule has 1 amide bonds. The Kier molecular flexibility index (Phi) is 2.48. The monoisotopic (exact) mass is 247 g/mol. The molecule has 3 heterocycles. The van der Waals surface area contributed by atoms with Gasteiger partial charge in [-0.1, -0.05) is 0 Å². The van der Waals surface area contributed by atoms with Crippen LogP contribution in [0.25, 0.3) is 5.78 Å². The molecule has 1 saturated heterocycles. The van der Waals surface area contributed by atoms with Crippen LogP contribution in [-0.4, -0.2) is 55.2 Å². The van der Waals surface area contributed by atoms with Gasteiger partial charge in [0.05, 0.1) is 0 Å². The Morgan fingerprint density at radius 3 is 3.00 bits per heavy atom. The minimum absolute atomic E-state index is 0.114. The van der Waals surface area contributed by atoms with Crippen molar-refractivity contribution in [2.24, 2.45) is 5.92 Å². The second-order valence-electron chi connectivity index (χ2n) is 4.49. The summed E-state index contributed by atoms with van der Waals surface area (Å²) in [6.07, 6.45) is 1.64. The van der Waals surface area contributed by atoms with Crippen LogP contribution in [0.2, 0.25) is 0 Å². The van der Waals surface area contributed by atoms with E-state index in [2.05, 4.69) is 15.1 Å². The molecule has 1 aliphatic heterocycles. The lowest BCUT2D eigenvalue weighted by atomic mass is 10.0. The molecule has 1 N–H and O–H groups in total. The van der Waals surface area contributed by atoms with Crippen LogP contribution in [0.4, 0.5) is 0 Å². The highest BCUT2D eigenvalue weighted by molar-refractivity contribution is 5.91. The highest BCUT2D eigenvalue weighted by Crippen LogP contribution is 2.17. The van der Waals surface area contributed by atoms with E-state index in [1.165, 1.54) is 0 Å². The first-order valence-corrected chi connectivity index (χ1v) is 5.77. The van der Waals surface area contributed by atoms with Crippen molar-refractivity contribution >= 4 is 11.7 Å². The highest BCUT2D eigenvalue weighted by atomic mass is 16.3. The topological polar surface area (TPSA) is 83.6 Å². The summed E-state index contributed by atoms with van der Waals surface area (Å²) in [4.78, 5) is 21.8. The number of carbonyl (C=O) groups excluding carboxylic acids is 1. The number of hydrogen-bond acceptors (Lipinski definition) is 5. The molecule has 0 saturated carbocycles. The summed E-state index contributed by atoms with van der Waals surface area (Å²) in [7, 11) is 0. The summed E-state index contributed by atoms with van der Waals surface area (Å²) in [5.74, 6) is 0.571. The van der Waals surface area contributed by atoms with Crippen LogP contribution in [0.3, 0.4) is 0 Å². The van der Waals surface area contributed by atoms with Crippen molar-refractivity contribution in [1.29, 1.82) is 0 Å². The minimum Gasteiger partial charge on any atom is -0.396 e. The number of hydrogen-bond donors (Lipinski definition) is 1. The first-order chi connectivity index (χ1) is 8.69. The van der Waals surface area contributed by atoms with Crippen LogP contribution in [0.15, 0.2) is 12.3 Å². The van der Waals surface area contributed by atoms with Crippen molar-refractivity contribution in [2.75, 3.05) is 19.7 Å². The molecule has 0 radical (unpaired) electrons. The zero-order valence-corrected chi connectivity index (χ0v) is 9.94. The molecule has 0 spiro atoms. The highest BCUT2D eigenvalue weighted by Gasteiger charge is 2.32. The smallest absolute Gasteiger partial charge is 0.293 e. The van der Waals surface area contributed by atoms with Gasteiger partial charge >= 0.3 is 0 Å². The third-order valence-corrected chi connectivity index (χ3v) is 3.12. The molecule has 0 aliphatic carbocycles. The van der Waals surface area contributed by atoms with Gasteiger partial charge in [-0.25, -0.2) is 9.50 Å². The molecular weight excluding hydrogens is 234 g/mol. The van der Waals surface area contributed by atoms with E-state index in [9.17, 15) is 4.79 Å². The minimum atomic E-state index is -0.204.